The molecule has 22 heavy (non-hydrogen) atoms. The number of rotatable bonds is 6. The van der Waals surface area contributed by atoms with Crippen molar-refractivity contribution in [1.82, 2.24) is 10.2 Å². The molecule has 3 heteroatoms. The zero-order chi connectivity index (χ0) is 16.1. The van der Waals surface area contributed by atoms with Crippen LogP contribution in [0.4, 0.5) is 0 Å². The van der Waals surface area contributed by atoms with Crippen molar-refractivity contribution in [2.24, 2.45) is 17.8 Å². The Labute approximate surface area is 137 Å². The minimum atomic E-state index is -0.0978. The molecule has 0 aromatic rings. The molecule has 4 unspecified atom stereocenters. The molecule has 1 aliphatic heterocycles. The zero-order valence-corrected chi connectivity index (χ0v) is 15.5. The van der Waals surface area contributed by atoms with Crippen LogP contribution in [0.15, 0.2) is 36.0 Å². The van der Waals surface area contributed by atoms with Crippen LogP contribution in [0.3, 0.4) is 0 Å². The van der Waals surface area contributed by atoms with Gasteiger partial charge in [-0.05, 0) is 30.9 Å². The summed E-state index contributed by atoms with van der Waals surface area (Å²) in [4.78, 5) is 2.58. The number of nitrogens with zero attached hydrogens (tertiary/aromatic N) is 1. The molecule has 122 valence electrons. The Bertz CT molecular complexity index is 476. The normalized spacial score (nSPS) is 29.8. The van der Waals surface area contributed by atoms with E-state index in [0.717, 1.165) is 25.3 Å². The first kappa shape index (κ1) is 17.7. The summed E-state index contributed by atoms with van der Waals surface area (Å²) in [7, 11) is 2.00. The van der Waals surface area contributed by atoms with Gasteiger partial charge in [-0.3, -0.25) is 4.90 Å². The van der Waals surface area contributed by atoms with Crippen LogP contribution in [0.2, 0.25) is 0 Å². The van der Waals surface area contributed by atoms with E-state index in [2.05, 4.69) is 74.5 Å². The fourth-order valence-electron chi connectivity index (χ4n) is 3.58. The van der Waals surface area contributed by atoms with Crippen LogP contribution >= 0.6 is 7.55 Å². The van der Waals surface area contributed by atoms with Crippen LogP contribution in [0, 0.1) is 17.8 Å². The number of hydrogen-bond acceptors (Lipinski definition) is 2. The lowest BCUT2D eigenvalue weighted by Crippen LogP contribution is -2.34. The monoisotopic (exact) mass is 319 g/mol. The van der Waals surface area contributed by atoms with Gasteiger partial charge in [0.2, 0.25) is 0 Å². The van der Waals surface area contributed by atoms with Crippen molar-refractivity contribution in [2.75, 3.05) is 33.1 Å². The second-order valence-electron chi connectivity index (χ2n) is 7.24. The summed E-state index contributed by atoms with van der Waals surface area (Å²) >= 11 is 0. The van der Waals surface area contributed by atoms with Gasteiger partial charge in [-0.2, -0.15) is 0 Å². The Kier molecular flexibility index (Phi) is 6.62. The van der Waals surface area contributed by atoms with E-state index >= 15 is 0 Å². The second kappa shape index (κ2) is 8.24. The quantitative estimate of drug-likeness (QED) is 0.751. The molecule has 0 saturated carbocycles. The molecular formula is C19H32N2P+. The first-order valence-electron chi connectivity index (χ1n) is 8.47. The molecule has 2 aliphatic rings. The number of likely N-dealkylation sites (tertiary alicyclic amines) is 1. The lowest BCUT2D eigenvalue weighted by atomic mass is 9.92. The van der Waals surface area contributed by atoms with Crippen molar-refractivity contribution in [3.63, 3.8) is 0 Å². The molecule has 1 heterocycles. The van der Waals surface area contributed by atoms with Crippen molar-refractivity contribution >= 4 is 13.8 Å². The zero-order valence-electron chi connectivity index (χ0n) is 14.6. The molecule has 0 aromatic carbocycles. The van der Waals surface area contributed by atoms with Crippen LogP contribution in [-0.4, -0.2) is 50.3 Å². The molecule has 1 fully saturated rings. The van der Waals surface area contributed by atoms with Gasteiger partial charge in [0, 0.05) is 25.0 Å². The third-order valence-electron chi connectivity index (χ3n) is 4.56. The predicted molar refractivity (Wildman–Crippen MR) is 102 cm³/mol. The van der Waals surface area contributed by atoms with Gasteiger partial charge in [-0.25, -0.2) is 0 Å². The number of nitrogens with one attached hydrogen (secondary N) is 1. The highest BCUT2D eigenvalue weighted by atomic mass is 31.1. The molecule has 1 N–H and O–H groups in total. The molecular weight excluding hydrogens is 287 g/mol. The average Bonchev–Trinajstić information content (AvgIpc) is 2.69. The SMILES string of the molecule is C=[P+](C)CN1CC(NC)C(C2=CC=CC(CC(C)C)C=C2)C1. The van der Waals surface area contributed by atoms with Gasteiger partial charge in [-0.1, -0.05) is 44.2 Å². The summed E-state index contributed by atoms with van der Waals surface area (Å²) < 4.78 is 0. The van der Waals surface area contributed by atoms with Gasteiger partial charge in [-0.15, -0.1) is 0 Å². The highest BCUT2D eigenvalue weighted by Gasteiger charge is 2.34. The third kappa shape index (κ3) is 4.91. The first-order valence-corrected chi connectivity index (χ1v) is 10.6. The molecule has 0 bridgehead atoms. The van der Waals surface area contributed by atoms with Gasteiger partial charge < -0.3 is 5.32 Å². The van der Waals surface area contributed by atoms with E-state index in [1.54, 1.807) is 0 Å². The average molecular weight is 319 g/mol. The Morgan fingerprint density at radius 3 is 2.77 bits per heavy atom. The Morgan fingerprint density at radius 2 is 2.14 bits per heavy atom. The number of hydrogen-bond donors (Lipinski definition) is 1. The topological polar surface area (TPSA) is 15.3 Å². The van der Waals surface area contributed by atoms with Crippen molar-refractivity contribution in [3.05, 3.63) is 36.0 Å². The summed E-state index contributed by atoms with van der Waals surface area (Å²) in [6.07, 6.45) is 18.3. The molecule has 0 spiro atoms. The molecule has 2 nitrogen and oxygen atoms in total. The smallest absolute Gasteiger partial charge is 0.159 e. The van der Waals surface area contributed by atoms with E-state index in [4.69, 9.17) is 0 Å². The van der Waals surface area contributed by atoms with E-state index in [-0.39, 0.29) is 7.55 Å². The molecule has 0 amide bonds. The summed E-state index contributed by atoms with van der Waals surface area (Å²) in [5.41, 5.74) is 1.48. The van der Waals surface area contributed by atoms with Crippen LogP contribution in [-0.2, 0) is 0 Å². The lowest BCUT2D eigenvalue weighted by Gasteiger charge is -2.18. The maximum Gasteiger partial charge on any atom is 0.159 e. The summed E-state index contributed by atoms with van der Waals surface area (Å²) in [6.45, 7) is 9.17. The minimum absolute atomic E-state index is 0.0978. The molecule has 4 atom stereocenters. The third-order valence-corrected chi connectivity index (χ3v) is 5.45. The van der Waals surface area contributed by atoms with E-state index in [0.29, 0.717) is 17.9 Å². The van der Waals surface area contributed by atoms with Gasteiger partial charge >= 0.3 is 0 Å². The van der Waals surface area contributed by atoms with E-state index in [1.165, 1.54) is 12.0 Å². The highest BCUT2D eigenvalue weighted by Crippen LogP contribution is 2.30. The summed E-state index contributed by atoms with van der Waals surface area (Å²) in [6, 6.07) is 0.556. The van der Waals surface area contributed by atoms with Gasteiger partial charge in [0.05, 0.1) is 20.5 Å². The van der Waals surface area contributed by atoms with E-state index in [1.807, 2.05) is 0 Å². The van der Waals surface area contributed by atoms with Crippen LogP contribution in [0.25, 0.3) is 0 Å². The maximum absolute atomic E-state index is 4.21. The minimum Gasteiger partial charge on any atom is -0.315 e. The fourth-order valence-corrected chi connectivity index (χ4v) is 4.50. The molecule has 0 radical (unpaired) electrons. The molecule has 1 saturated heterocycles. The highest BCUT2D eigenvalue weighted by molar-refractivity contribution is 7.54. The number of likely N-dealkylation sites (N-methyl/N-ethyl adjacent to an activating group) is 1. The second-order valence-corrected chi connectivity index (χ2v) is 9.23. The van der Waals surface area contributed by atoms with Crippen molar-refractivity contribution < 1.29 is 0 Å². The summed E-state index contributed by atoms with van der Waals surface area (Å²) in [5.74, 6) is 1.93. The standard InChI is InChI=1S/C19H32N2P/c1-15(2)11-16-7-6-8-17(10-9-16)18-12-21(14-22(4)5)13-19(18)20-3/h6-10,15-16,18-20H,4,11-14H2,1-3,5H3/q+1. The van der Waals surface area contributed by atoms with Crippen LogP contribution in [0.1, 0.15) is 20.3 Å². The van der Waals surface area contributed by atoms with Crippen molar-refractivity contribution in [1.29, 1.82) is 0 Å². The van der Waals surface area contributed by atoms with Gasteiger partial charge in [0.25, 0.3) is 0 Å². The summed E-state index contributed by atoms with van der Waals surface area (Å²) in [5, 5.41) is 3.52. The fraction of sp³-hybridized carbons (Fsp3) is 0.632. The van der Waals surface area contributed by atoms with Crippen molar-refractivity contribution in [2.45, 2.75) is 26.3 Å². The van der Waals surface area contributed by atoms with Gasteiger partial charge in [0.15, 0.2) is 6.29 Å². The molecule has 2 rings (SSSR count). The van der Waals surface area contributed by atoms with Gasteiger partial charge in [0.1, 0.15) is 0 Å². The van der Waals surface area contributed by atoms with Crippen molar-refractivity contribution in [3.8, 4) is 0 Å². The van der Waals surface area contributed by atoms with E-state index in [9.17, 15) is 0 Å². The largest absolute Gasteiger partial charge is 0.315 e. The first-order chi connectivity index (χ1) is 10.5. The molecule has 0 aromatic heterocycles. The Morgan fingerprint density at radius 1 is 1.36 bits per heavy atom. The maximum atomic E-state index is 4.21. The number of allylic oxidation sites excluding steroid dienone is 5. The van der Waals surface area contributed by atoms with Crippen LogP contribution < -0.4 is 5.32 Å². The predicted octanol–water partition coefficient (Wildman–Crippen LogP) is 3.72. The Balaban J connectivity index is 2.05. The Hall–Kier alpha value is -0.690. The van der Waals surface area contributed by atoms with E-state index < -0.39 is 0 Å². The molecule has 1 aliphatic carbocycles. The van der Waals surface area contributed by atoms with Crippen LogP contribution in [0.5, 0.6) is 0 Å². The lowest BCUT2D eigenvalue weighted by molar-refractivity contribution is 0.383.